The van der Waals surface area contributed by atoms with Crippen LogP contribution in [0.4, 0.5) is 0 Å². The first-order valence-corrected chi connectivity index (χ1v) is 9.35. The van der Waals surface area contributed by atoms with E-state index in [1.54, 1.807) is 0 Å². The molecule has 0 saturated heterocycles. The minimum atomic E-state index is -0.180. The Morgan fingerprint density at radius 2 is 1.95 bits per heavy atom. The van der Waals surface area contributed by atoms with Gasteiger partial charge in [-0.2, -0.15) is 0 Å². The highest BCUT2D eigenvalue weighted by Gasteiger charge is 2.18. The van der Waals surface area contributed by atoms with Crippen LogP contribution in [0.25, 0.3) is 16.7 Å². The molecule has 2 aromatic carbocycles. The molecule has 0 bridgehead atoms. The maximum Gasteiger partial charge on any atom is 0.132 e. The lowest BCUT2D eigenvalue weighted by Crippen LogP contribution is -2.02. The number of halogens is 4. The molecule has 0 aliphatic carbocycles. The van der Waals surface area contributed by atoms with Gasteiger partial charge in [-0.25, -0.2) is 4.98 Å². The molecule has 0 amide bonds. The molecule has 0 fully saturated rings. The first-order chi connectivity index (χ1) is 9.97. The van der Waals surface area contributed by atoms with Crippen molar-refractivity contribution in [1.82, 2.24) is 9.55 Å². The van der Waals surface area contributed by atoms with E-state index in [9.17, 15) is 0 Å². The molecule has 0 aliphatic heterocycles. The Labute approximate surface area is 158 Å². The Morgan fingerprint density at radius 1 is 1.19 bits per heavy atom. The smallest absolute Gasteiger partial charge is 0.132 e. The van der Waals surface area contributed by atoms with Crippen molar-refractivity contribution in [2.24, 2.45) is 0 Å². The van der Waals surface area contributed by atoms with Crippen LogP contribution in [0.15, 0.2) is 45.3 Å². The van der Waals surface area contributed by atoms with E-state index in [4.69, 9.17) is 16.6 Å². The topological polar surface area (TPSA) is 17.8 Å². The number of imidazole rings is 1. The van der Waals surface area contributed by atoms with Crippen molar-refractivity contribution in [3.05, 3.63) is 54.7 Å². The summed E-state index contributed by atoms with van der Waals surface area (Å²) >= 11 is 15.8. The van der Waals surface area contributed by atoms with Crippen molar-refractivity contribution in [2.75, 3.05) is 0 Å². The summed E-state index contributed by atoms with van der Waals surface area (Å²) in [5.74, 6) is 0.840. The molecule has 3 rings (SSSR count). The van der Waals surface area contributed by atoms with E-state index in [2.05, 4.69) is 83.3 Å². The molecule has 1 atom stereocenters. The summed E-state index contributed by atoms with van der Waals surface area (Å²) in [7, 11) is 0. The van der Waals surface area contributed by atoms with Gasteiger partial charge in [0.15, 0.2) is 0 Å². The Balaban J connectivity index is 2.39. The van der Waals surface area contributed by atoms with Gasteiger partial charge in [-0.15, -0.1) is 11.6 Å². The summed E-state index contributed by atoms with van der Waals surface area (Å²) in [6.45, 7) is 1.94. The lowest BCUT2D eigenvalue weighted by molar-refractivity contribution is 0.880. The molecule has 1 aromatic heterocycles. The molecule has 0 saturated carbocycles. The Morgan fingerprint density at radius 3 is 2.67 bits per heavy atom. The van der Waals surface area contributed by atoms with E-state index in [0.717, 1.165) is 35.1 Å². The Hall–Kier alpha value is -0.110. The van der Waals surface area contributed by atoms with Crippen molar-refractivity contribution < 1.29 is 0 Å². The van der Waals surface area contributed by atoms with Crippen molar-refractivity contribution in [3.63, 3.8) is 0 Å². The number of hydrogen-bond donors (Lipinski definition) is 0. The maximum atomic E-state index is 6.35. The van der Waals surface area contributed by atoms with Crippen LogP contribution in [0.5, 0.6) is 0 Å². The fourth-order valence-electron chi connectivity index (χ4n) is 2.25. The van der Waals surface area contributed by atoms with Gasteiger partial charge in [-0.1, -0.05) is 15.9 Å². The van der Waals surface area contributed by atoms with Crippen molar-refractivity contribution in [2.45, 2.75) is 12.3 Å². The fourth-order valence-corrected chi connectivity index (χ4v) is 3.64. The highest BCUT2D eigenvalue weighted by atomic mass is 127. The first-order valence-electron chi connectivity index (χ1n) is 6.25. The summed E-state index contributed by atoms with van der Waals surface area (Å²) in [6.07, 6.45) is 0. The molecular formula is C15H10Br2ClIN2. The van der Waals surface area contributed by atoms with Crippen LogP contribution in [0.1, 0.15) is 18.1 Å². The maximum absolute atomic E-state index is 6.35. The third-order valence-corrected chi connectivity index (χ3v) is 5.18. The van der Waals surface area contributed by atoms with Crippen LogP contribution in [-0.4, -0.2) is 9.55 Å². The van der Waals surface area contributed by atoms with Gasteiger partial charge in [0.25, 0.3) is 0 Å². The van der Waals surface area contributed by atoms with Gasteiger partial charge < -0.3 is 0 Å². The van der Waals surface area contributed by atoms with Crippen molar-refractivity contribution >= 4 is 77.1 Å². The second-order valence-corrected chi connectivity index (χ2v) is 8.32. The summed E-state index contributed by atoms with van der Waals surface area (Å²) in [5, 5.41) is -0.180. The Bertz CT molecular complexity index is 830. The normalized spacial score (nSPS) is 12.8. The van der Waals surface area contributed by atoms with Crippen LogP contribution in [-0.2, 0) is 0 Å². The molecule has 0 radical (unpaired) electrons. The van der Waals surface area contributed by atoms with E-state index in [-0.39, 0.29) is 5.38 Å². The molecule has 1 heterocycles. The minimum Gasteiger partial charge on any atom is -0.294 e. The number of fused-ring (bicyclic) bond motifs is 1. The monoisotopic (exact) mass is 538 g/mol. The number of benzene rings is 2. The van der Waals surface area contributed by atoms with Crippen molar-refractivity contribution in [1.29, 1.82) is 0 Å². The molecule has 3 aromatic rings. The molecule has 2 nitrogen and oxygen atoms in total. The molecule has 0 N–H and O–H groups in total. The highest BCUT2D eigenvalue weighted by Crippen LogP contribution is 2.33. The molecule has 1 unspecified atom stereocenters. The second kappa shape index (κ2) is 6.18. The summed E-state index contributed by atoms with van der Waals surface area (Å²) in [5.41, 5.74) is 3.03. The Kier molecular flexibility index (Phi) is 4.64. The van der Waals surface area contributed by atoms with Gasteiger partial charge in [0.05, 0.1) is 22.1 Å². The average Bonchev–Trinajstić information content (AvgIpc) is 2.80. The number of aromatic nitrogens is 2. The third kappa shape index (κ3) is 3.02. The van der Waals surface area contributed by atoms with Crippen molar-refractivity contribution in [3.8, 4) is 5.69 Å². The van der Waals surface area contributed by atoms with Gasteiger partial charge >= 0.3 is 0 Å². The number of alkyl halides is 1. The molecule has 0 aliphatic rings. The molecule has 6 heteroatoms. The number of hydrogen-bond acceptors (Lipinski definition) is 1. The van der Waals surface area contributed by atoms with Crippen LogP contribution < -0.4 is 0 Å². The molecule has 108 valence electrons. The zero-order valence-electron chi connectivity index (χ0n) is 10.9. The fraction of sp³-hybridized carbons (Fsp3) is 0.133. The van der Waals surface area contributed by atoms with Crippen LogP contribution in [0.2, 0.25) is 0 Å². The average molecular weight is 540 g/mol. The second-order valence-electron chi connectivity index (χ2n) is 4.65. The summed E-state index contributed by atoms with van der Waals surface area (Å²) in [6, 6.07) is 12.3. The summed E-state index contributed by atoms with van der Waals surface area (Å²) in [4.78, 5) is 4.71. The standard InChI is InChI=1S/C15H10Br2ClIN2/c1-8(18)15-20-12-7-10(19)3-5-13(12)21(15)14-6-9(16)2-4-11(14)17/h2-8H,1H3. The zero-order chi connectivity index (χ0) is 15.1. The molecule has 0 spiro atoms. The predicted molar refractivity (Wildman–Crippen MR) is 103 cm³/mol. The molecule has 21 heavy (non-hydrogen) atoms. The minimum absolute atomic E-state index is 0.180. The zero-order valence-corrected chi connectivity index (χ0v) is 17.0. The van der Waals surface area contributed by atoms with Crippen LogP contribution >= 0.6 is 66.1 Å². The SMILES string of the molecule is CC(Cl)c1nc2cc(I)ccc2n1-c1cc(Br)ccc1Br. The molecular weight excluding hydrogens is 530 g/mol. The first kappa shape index (κ1) is 15.8. The lowest BCUT2D eigenvalue weighted by atomic mass is 10.2. The summed E-state index contributed by atoms with van der Waals surface area (Å²) < 4.78 is 5.29. The lowest BCUT2D eigenvalue weighted by Gasteiger charge is -2.13. The van der Waals surface area contributed by atoms with Gasteiger partial charge in [-0.3, -0.25) is 4.57 Å². The predicted octanol–water partition coefficient (Wildman–Crippen LogP) is 6.45. The van der Waals surface area contributed by atoms with E-state index < -0.39 is 0 Å². The number of nitrogens with zero attached hydrogens (tertiary/aromatic N) is 2. The van der Waals surface area contributed by atoms with Gasteiger partial charge in [0.2, 0.25) is 0 Å². The van der Waals surface area contributed by atoms with E-state index in [1.807, 2.05) is 19.1 Å². The largest absolute Gasteiger partial charge is 0.294 e. The van der Waals surface area contributed by atoms with E-state index in [0.29, 0.717) is 0 Å². The van der Waals surface area contributed by atoms with Crippen LogP contribution in [0.3, 0.4) is 0 Å². The van der Waals surface area contributed by atoms with Gasteiger partial charge in [-0.05, 0) is 81.8 Å². The highest BCUT2D eigenvalue weighted by molar-refractivity contribution is 14.1. The van der Waals surface area contributed by atoms with Crippen LogP contribution in [0, 0.1) is 3.57 Å². The third-order valence-electron chi connectivity index (χ3n) is 3.15. The number of rotatable bonds is 2. The van der Waals surface area contributed by atoms with E-state index >= 15 is 0 Å². The quantitative estimate of drug-likeness (QED) is 0.270. The van der Waals surface area contributed by atoms with E-state index in [1.165, 1.54) is 0 Å². The van der Waals surface area contributed by atoms with Gasteiger partial charge in [0.1, 0.15) is 5.82 Å². The van der Waals surface area contributed by atoms with Gasteiger partial charge in [0, 0.05) is 12.5 Å².